The zero-order valence-corrected chi connectivity index (χ0v) is 23.1. The van der Waals surface area contributed by atoms with E-state index in [1.807, 2.05) is 38.1 Å². The highest BCUT2D eigenvalue weighted by atomic mass is 79.9. The van der Waals surface area contributed by atoms with E-state index in [0.29, 0.717) is 22.6 Å². The molecule has 0 unspecified atom stereocenters. The zero-order chi connectivity index (χ0) is 25.5. The van der Waals surface area contributed by atoms with E-state index < -0.39 is 11.9 Å². The van der Waals surface area contributed by atoms with Crippen LogP contribution in [-0.4, -0.2) is 24.7 Å². The maximum atomic E-state index is 12.5. The first kappa shape index (κ1) is 26.6. The Morgan fingerprint density at radius 2 is 1.71 bits per heavy atom. The van der Waals surface area contributed by atoms with Gasteiger partial charge in [-0.1, -0.05) is 63.4 Å². The van der Waals surface area contributed by atoms with Gasteiger partial charge in [0.25, 0.3) is 5.91 Å². The number of nitrogens with one attached hydrogen (secondary N) is 1. The van der Waals surface area contributed by atoms with Crippen molar-refractivity contribution in [3.05, 3.63) is 91.4 Å². The molecule has 35 heavy (non-hydrogen) atoms. The van der Waals surface area contributed by atoms with Crippen LogP contribution in [0.1, 0.15) is 52.4 Å². The van der Waals surface area contributed by atoms with E-state index in [9.17, 15) is 9.59 Å². The molecule has 3 aromatic carbocycles. The molecule has 0 fully saturated rings. The van der Waals surface area contributed by atoms with Gasteiger partial charge >= 0.3 is 5.97 Å². The van der Waals surface area contributed by atoms with Gasteiger partial charge in [-0.2, -0.15) is 5.10 Å². The number of aryl methyl sites for hydroxylation is 2. The Morgan fingerprint density at radius 3 is 2.40 bits per heavy atom. The summed E-state index contributed by atoms with van der Waals surface area (Å²) in [6.07, 6.45) is 1.42. The highest BCUT2D eigenvalue weighted by Gasteiger charge is 2.13. The highest BCUT2D eigenvalue weighted by Crippen LogP contribution is 2.32. The molecule has 0 atom stereocenters. The molecule has 0 bridgehead atoms. The second-order valence-electron chi connectivity index (χ2n) is 8.31. The van der Waals surface area contributed by atoms with E-state index in [0.717, 1.165) is 25.6 Å². The molecule has 3 aromatic rings. The van der Waals surface area contributed by atoms with Gasteiger partial charge in [-0.3, -0.25) is 4.79 Å². The lowest BCUT2D eigenvalue weighted by Gasteiger charge is -2.15. The molecule has 0 aliphatic carbocycles. The van der Waals surface area contributed by atoms with Crippen molar-refractivity contribution in [2.24, 2.45) is 5.10 Å². The van der Waals surface area contributed by atoms with Crippen LogP contribution in [0.5, 0.6) is 11.5 Å². The predicted molar refractivity (Wildman–Crippen MR) is 144 cm³/mol. The van der Waals surface area contributed by atoms with Crippen molar-refractivity contribution in [3.63, 3.8) is 0 Å². The molecule has 0 heterocycles. The highest BCUT2D eigenvalue weighted by molar-refractivity contribution is 9.10. The number of esters is 1. The molecule has 1 N–H and O–H groups in total. The Bertz CT molecular complexity index is 1250. The van der Waals surface area contributed by atoms with Crippen molar-refractivity contribution in [3.8, 4) is 11.5 Å². The van der Waals surface area contributed by atoms with Gasteiger partial charge in [0.15, 0.2) is 6.61 Å². The summed E-state index contributed by atoms with van der Waals surface area (Å²) in [6.45, 7) is 7.85. The molecule has 0 radical (unpaired) electrons. The number of halogens is 2. The molecule has 0 aliphatic heterocycles. The van der Waals surface area contributed by atoms with E-state index in [-0.39, 0.29) is 12.5 Å². The summed E-state index contributed by atoms with van der Waals surface area (Å²) >= 11 is 6.94. The maximum Gasteiger partial charge on any atom is 0.343 e. The second kappa shape index (κ2) is 12.1. The van der Waals surface area contributed by atoms with Gasteiger partial charge < -0.3 is 9.47 Å². The van der Waals surface area contributed by atoms with Gasteiger partial charge in [-0.25, -0.2) is 10.2 Å². The first-order chi connectivity index (χ1) is 16.6. The summed E-state index contributed by atoms with van der Waals surface area (Å²) in [5.41, 5.74) is 6.49. The Kier molecular flexibility index (Phi) is 9.23. The SMILES string of the molecule is Cc1ccc(C(=O)Oc2ccc(Br)cc2C=NNC(=O)COc2cc(C)c(Br)cc2C(C)C)cc1. The Hall–Kier alpha value is -2.97. The summed E-state index contributed by atoms with van der Waals surface area (Å²) in [4.78, 5) is 24.8. The number of hydrazone groups is 1. The Morgan fingerprint density at radius 1 is 1.00 bits per heavy atom. The number of ether oxygens (including phenoxy) is 2. The smallest absolute Gasteiger partial charge is 0.343 e. The fraction of sp³-hybridized carbons (Fsp3) is 0.222. The van der Waals surface area contributed by atoms with Crippen LogP contribution < -0.4 is 14.9 Å². The van der Waals surface area contributed by atoms with E-state index in [1.54, 1.807) is 30.3 Å². The third-order valence-electron chi connectivity index (χ3n) is 5.13. The fourth-order valence-electron chi connectivity index (χ4n) is 3.16. The summed E-state index contributed by atoms with van der Waals surface area (Å²) < 4.78 is 13.1. The minimum atomic E-state index is -0.481. The number of carbonyl (C=O) groups is 2. The fourth-order valence-corrected chi connectivity index (χ4v) is 3.90. The second-order valence-corrected chi connectivity index (χ2v) is 10.1. The largest absolute Gasteiger partial charge is 0.483 e. The van der Waals surface area contributed by atoms with Crippen LogP contribution in [0.2, 0.25) is 0 Å². The maximum absolute atomic E-state index is 12.5. The molecular weight excluding hydrogens is 576 g/mol. The molecular formula is C27H26Br2N2O4. The first-order valence-corrected chi connectivity index (χ1v) is 12.6. The molecule has 182 valence electrons. The average molecular weight is 602 g/mol. The van der Waals surface area contributed by atoms with Crippen LogP contribution in [0.15, 0.2) is 68.6 Å². The third kappa shape index (κ3) is 7.50. The molecule has 0 aliphatic rings. The van der Waals surface area contributed by atoms with Crippen LogP contribution in [-0.2, 0) is 4.79 Å². The Balaban J connectivity index is 1.65. The molecule has 0 spiro atoms. The topological polar surface area (TPSA) is 77.0 Å². The Labute approximate surface area is 222 Å². The normalized spacial score (nSPS) is 11.1. The van der Waals surface area contributed by atoms with Crippen LogP contribution in [0.25, 0.3) is 0 Å². The predicted octanol–water partition coefficient (Wildman–Crippen LogP) is 6.70. The summed E-state index contributed by atoms with van der Waals surface area (Å²) in [5.74, 6) is 0.326. The van der Waals surface area contributed by atoms with Gasteiger partial charge in [-0.05, 0) is 73.4 Å². The van der Waals surface area contributed by atoms with Crippen LogP contribution >= 0.6 is 31.9 Å². The number of amides is 1. The van der Waals surface area contributed by atoms with Crippen LogP contribution in [0.4, 0.5) is 0 Å². The molecule has 0 saturated heterocycles. The van der Waals surface area contributed by atoms with E-state index in [2.05, 4.69) is 56.2 Å². The van der Waals surface area contributed by atoms with Crippen molar-refractivity contribution < 1.29 is 19.1 Å². The standard InChI is InChI=1S/C27H26Br2N2O4/c1-16(2)22-13-23(29)18(4)11-25(22)34-15-26(32)31-30-14-20-12-21(28)9-10-24(20)35-27(33)19-7-5-17(3)6-8-19/h5-14,16H,15H2,1-4H3,(H,31,32). The van der Waals surface area contributed by atoms with Crippen molar-refractivity contribution in [1.82, 2.24) is 5.43 Å². The first-order valence-electron chi connectivity index (χ1n) is 11.0. The summed E-state index contributed by atoms with van der Waals surface area (Å²) in [5, 5.41) is 4.01. The number of nitrogens with zero attached hydrogens (tertiary/aromatic N) is 1. The number of carbonyl (C=O) groups excluding carboxylic acids is 2. The van der Waals surface area contributed by atoms with Crippen LogP contribution in [0, 0.1) is 13.8 Å². The zero-order valence-electron chi connectivity index (χ0n) is 19.9. The van der Waals surface area contributed by atoms with Gasteiger partial charge in [0.2, 0.25) is 0 Å². The minimum Gasteiger partial charge on any atom is -0.483 e. The van der Waals surface area contributed by atoms with Gasteiger partial charge in [0.1, 0.15) is 11.5 Å². The molecule has 1 amide bonds. The van der Waals surface area contributed by atoms with E-state index >= 15 is 0 Å². The number of hydrogen-bond acceptors (Lipinski definition) is 5. The number of hydrogen-bond donors (Lipinski definition) is 1. The monoisotopic (exact) mass is 600 g/mol. The molecule has 6 nitrogen and oxygen atoms in total. The molecule has 0 aromatic heterocycles. The lowest BCUT2D eigenvalue weighted by Crippen LogP contribution is -2.25. The molecule has 0 saturated carbocycles. The molecule has 8 heteroatoms. The third-order valence-corrected chi connectivity index (χ3v) is 6.47. The number of rotatable bonds is 8. The average Bonchev–Trinajstić information content (AvgIpc) is 2.81. The van der Waals surface area contributed by atoms with Crippen molar-refractivity contribution >= 4 is 50.0 Å². The van der Waals surface area contributed by atoms with E-state index in [1.165, 1.54) is 6.21 Å². The van der Waals surface area contributed by atoms with Gasteiger partial charge in [0.05, 0.1) is 11.8 Å². The summed E-state index contributed by atoms with van der Waals surface area (Å²) in [6, 6.07) is 16.2. The number of benzene rings is 3. The minimum absolute atomic E-state index is 0.189. The van der Waals surface area contributed by atoms with Crippen LogP contribution in [0.3, 0.4) is 0 Å². The van der Waals surface area contributed by atoms with Crippen molar-refractivity contribution in [2.75, 3.05) is 6.61 Å². The summed E-state index contributed by atoms with van der Waals surface area (Å²) in [7, 11) is 0. The lowest BCUT2D eigenvalue weighted by atomic mass is 10.0. The van der Waals surface area contributed by atoms with Crippen molar-refractivity contribution in [1.29, 1.82) is 0 Å². The quantitative estimate of drug-likeness (QED) is 0.135. The van der Waals surface area contributed by atoms with Gasteiger partial charge in [-0.15, -0.1) is 0 Å². The van der Waals surface area contributed by atoms with Gasteiger partial charge in [0, 0.05) is 14.5 Å². The molecule has 3 rings (SSSR count). The van der Waals surface area contributed by atoms with E-state index in [4.69, 9.17) is 9.47 Å². The van der Waals surface area contributed by atoms with Crippen molar-refractivity contribution in [2.45, 2.75) is 33.6 Å². The lowest BCUT2D eigenvalue weighted by molar-refractivity contribution is -0.123.